The number of cyclic esters (lactones) is 2. The molecule has 2 aliphatic rings. The van der Waals surface area contributed by atoms with Crippen LogP contribution in [-0.2, 0) is 49.3 Å². The first-order valence-corrected chi connectivity index (χ1v) is 12.7. The third-order valence-corrected chi connectivity index (χ3v) is 6.28. The van der Waals surface area contributed by atoms with Crippen molar-refractivity contribution in [3.8, 4) is 0 Å². The maximum Gasteiger partial charge on any atom is 0.347 e. The Labute approximate surface area is 231 Å². The summed E-state index contributed by atoms with van der Waals surface area (Å²) in [4.78, 5) is 46.7. The molecule has 0 saturated heterocycles. The summed E-state index contributed by atoms with van der Waals surface area (Å²) in [6.45, 7) is 7.31. The van der Waals surface area contributed by atoms with Crippen LogP contribution in [0.2, 0.25) is 0 Å². The normalized spacial score (nSPS) is 20.4. The Morgan fingerprint density at radius 2 is 1.02 bits per heavy atom. The van der Waals surface area contributed by atoms with E-state index in [2.05, 4.69) is 0 Å². The number of carbonyl (C=O) groups is 4. The Morgan fingerprint density at radius 3 is 1.27 bits per heavy atom. The van der Waals surface area contributed by atoms with Crippen LogP contribution in [0.1, 0.15) is 36.1 Å². The van der Waals surface area contributed by atoms with E-state index < -0.39 is 47.3 Å². The Kier molecular flexibility index (Phi) is 9.62. The lowest BCUT2D eigenvalue weighted by Crippen LogP contribution is -2.47. The fourth-order valence-electron chi connectivity index (χ4n) is 4.08. The molecule has 0 radical (unpaired) electrons. The second kappa shape index (κ2) is 12.7. The van der Waals surface area contributed by atoms with E-state index in [1.54, 1.807) is 62.4 Å². The Morgan fingerprint density at radius 1 is 0.700 bits per heavy atom. The molecule has 10 heteroatoms. The lowest BCUT2D eigenvalue weighted by Gasteiger charge is -2.30. The predicted octanol–water partition coefficient (Wildman–Crippen LogP) is 2.45. The standard InChI is InChI=1S/2C15H16O5/c2*1-3-19-14(17)15(18,12-8-9-13(16)20-12)11-6-4-10(2)5-7-11/h2*4-9,12,18H,3H2,1-2H3/t2*12-,15+/m11/s1. The van der Waals surface area contributed by atoms with Gasteiger partial charge in [-0.05, 0) is 51.0 Å². The van der Waals surface area contributed by atoms with Gasteiger partial charge in [-0.25, -0.2) is 19.2 Å². The fourth-order valence-corrected chi connectivity index (χ4v) is 4.08. The third kappa shape index (κ3) is 6.30. The zero-order chi connectivity index (χ0) is 29.5. The van der Waals surface area contributed by atoms with E-state index in [0.717, 1.165) is 11.1 Å². The number of hydrogen-bond acceptors (Lipinski definition) is 10. The van der Waals surface area contributed by atoms with Crippen molar-refractivity contribution in [3.05, 3.63) is 95.1 Å². The van der Waals surface area contributed by atoms with Crippen LogP contribution in [0.15, 0.2) is 72.8 Å². The fraction of sp³-hybridized carbons (Fsp3) is 0.333. The second-order valence-corrected chi connectivity index (χ2v) is 9.14. The number of hydrogen-bond donors (Lipinski definition) is 2. The molecule has 2 aliphatic heterocycles. The zero-order valence-corrected chi connectivity index (χ0v) is 22.7. The molecule has 0 bridgehead atoms. The molecule has 0 aliphatic carbocycles. The highest BCUT2D eigenvalue weighted by molar-refractivity contribution is 5.89. The molecule has 0 spiro atoms. The summed E-state index contributed by atoms with van der Waals surface area (Å²) in [6.07, 6.45) is 2.91. The first-order chi connectivity index (χ1) is 19.0. The van der Waals surface area contributed by atoms with Crippen molar-refractivity contribution in [1.82, 2.24) is 0 Å². The molecule has 0 unspecified atom stereocenters. The number of ether oxygens (including phenoxy) is 4. The molecular weight excluding hydrogens is 520 g/mol. The van der Waals surface area contributed by atoms with Gasteiger partial charge in [0.1, 0.15) is 0 Å². The quantitative estimate of drug-likeness (QED) is 0.370. The van der Waals surface area contributed by atoms with Crippen LogP contribution in [0.5, 0.6) is 0 Å². The molecule has 4 rings (SSSR count). The van der Waals surface area contributed by atoms with Crippen LogP contribution in [0.4, 0.5) is 0 Å². The van der Waals surface area contributed by atoms with E-state index in [9.17, 15) is 29.4 Å². The van der Waals surface area contributed by atoms with Gasteiger partial charge in [-0.3, -0.25) is 0 Å². The van der Waals surface area contributed by atoms with Gasteiger partial charge in [0, 0.05) is 12.2 Å². The minimum Gasteiger partial charge on any atom is -0.463 e. The predicted molar refractivity (Wildman–Crippen MR) is 141 cm³/mol. The summed E-state index contributed by atoms with van der Waals surface area (Å²) < 4.78 is 19.8. The number of rotatable bonds is 8. The van der Waals surface area contributed by atoms with Crippen LogP contribution < -0.4 is 0 Å². The molecule has 212 valence electrons. The van der Waals surface area contributed by atoms with Crippen LogP contribution in [0, 0.1) is 13.8 Å². The van der Waals surface area contributed by atoms with Crippen LogP contribution in [-0.4, -0.2) is 59.5 Å². The van der Waals surface area contributed by atoms with Crippen molar-refractivity contribution in [1.29, 1.82) is 0 Å². The van der Waals surface area contributed by atoms with Crippen molar-refractivity contribution in [3.63, 3.8) is 0 Å². The molecule has 10 nitrogen and oxygen atoms in total. The lowest BCUT2D eigenvalue weighted by molar-refractivity contribution is -0.182. The van der Waals surface area contributed by atoms with Gasteiger partial charge in [-0.1, -0.05) is 59.7 Å². The average molecular weight is 553 g/mol. The summed E-state index contributed by atoms with van der Waals surface area (Å²) in [5, 5.41) is 21.6. The van der Waals surface area contributed by atoms with Gasteiger partial charge in [-0.15, -0.1) is 0 Å². The van der Waals surface area contributed by atoms with Gasteiger partial charge in [0.05, 0.1) is 13.2 Å². The molecular formula is C30H32O10. The van der Waals surface area contributed by atoms with E-state index in [4.69, 9.17) is 18.9 Å². The summed E-state index contributed by atoms with van der Waals surface area (Å²) in [5.74, 6) is -2.86. The van der Waals surface area contributed by atoms with Crippen molar-refractivity contribution in [2.24, 2.45) is 0 Å². The molecule has 0 amide bonds. The van der Waals surface area contributed by atoms with Crippen molar-refractivity contribution in [2.75, 3.05) is 13.2 Å². The Bertz CT molecular complexity index is 1190. The molecule has 2 heterocycles. The molecule has 40 heavy (non-hydrogen) atoms. The van der Waals surface area contributed by atoms with E-state index >= 15 is 0 Å². The molecule has 0 saturated carbocycles. The third-order valence-electron chi connectivity index (χ3n) is 6.28. The second-order valence-electron chi connectivity index (χ2n) is 9.14. The van der Waals surface area contributed by atoms with Gasteiger partial charge in [0.15, 0.2) is 12.2 Å². The highest BCUT2D eigenvalue weighted by Crippen LogP contribution is 2.33. The highest BCUT2D eigenvalue weighted by atomic mass is 16.6. The molecule has 0 fully saturated rings. The zero-order valence-electron chi connectivity index (χ0n) is 22.7. The summed E-state index contributed by atoms with van der Waals surface area (Å²) in [7, 11) is 0. The smallest absolute Gasteiger partial charge is 0.347 e. The molecule has 2 aromatic rings. The van der Waals surface area contributed by atoms with Gasteiger partial charge in [0.25, 0.3) is 0 Å². The summed E-state index contributed by atoms with van der Waals surface area (Å²) >= 11 is 0. The molecule has 4 atom stereocenters. The molecule has 2 aromatic carbocycles. The maximum atomic E-state index is 12.1. The number of aliphatic hydroxyl groups is 2. The van der Waals surface area contributed by atoms with E-state index in [1.807, 2.05) is 13.8 Å². The first kappa shape index (κ1) is 30.3. The lowest BCUT2D eigenvalue weighted by atomic mass is 9.87. The van der Waals surface area contributed by atoms with Gasteiger partial charge in [-0.2, -0.15) is 0 Å². The van der Waals surface area contributed by atoms with E-state index in [1.165, 1.54) is 24.3 Å². The summed E-state index contributed by atoms with van der Waals surface area (Å²) in [6, 6.07) is 13.5. The maximum absolute atomic E-state index is 12.1. The van der Waals surface area contributed by atoms with E-state index in [-0.39, 0.29) is 13.2 Å². The summed E-state index contributed by atoms with van der Waals surface area (Å²) in [5.41, 5.74) is -1.45. The van der Waals surface area contributed by atoms with Crippen LogP contribution in [0.3, 0.4) is 0 Å². The molecule has 2 N–H and O–H groups in total. The Hall–Kier alpha value is -4.28. The topological polar surface area (TPSA) is 146 Å². The number of esters is 4. The first-order valence-electron chi connectivity index (χ1n) is 12.7. The van der Waals surface area contributed by atoms with Crippen molar-refractivity contribution < 1.29 is 48.3 Å². The monoisotopic (exact) mass is 552 g/mol. The van der Waals surface area contributed by atoms with Gasteiger partial charge in [0.2, 0.25) is 11.2 Å². The minimum atomic E-state index is -2.04. The minimum absolute atomic E-state index is 0.122. The Balaban J connectivity index is 0.000000220. The SMILES string of the molecule is CCOC(=O)[C@](O)(c1ccc(C)cc1)[C@H]1C=CC(=O)O1.CCOC(=O)[C@](O)(c1ccc(C)cc1)[C@H]1C=CC(=O)O1. The number of carbonyl (C=O) groups excluding carboxylic acids is 4. The van der Waals surface area contributed by atoms with E-state index in [0.29, 0.717) is 11.1 Å². The van der Waals surface area contributed by atoms with Crippen LogP contribution in [0.25, 0.3) is 0 Å². The van der Waals surface area contributed by atoms with Crippen LogP contribution >= 0.6 is 0 Å². The van der Waals surface area contributed by atoms with Crippen molar-refractivity contribution >= 4 is 23.9 Å². The largest absolute Gasteiger partial charge is 0.463 e. The highest BCUT2D eigenvalue weighted by Gasteiger charge is 2.51. The van der Waals surface area contributed by atoms with Gasteiger partial charge < -0.3 is 29.2 Å². The van der Waals surface area contributed by atoms with Crippen molar-refractivity contribution in [2.45, 2.75) is 51.1 Å². The molecule has 0 aromatic heterocycles. The average Bonchev–Trinajstić information content (AvgIpc) is 3.58. The number of benzene rings is 2. The number of aryl methyl sites for hydroxylation is 2. The van der Waals surface area contributed by atoms with Gasteiger partial charge >= 0.3 is 23.9 Å².